The van der Waals surface area contributed by atoms with Gasteiger partial charge in [0, 0.05) is 17.4 Å². The summed E-state index contributed by atoms with van der Waals surface area (Å²) in [5, 5.41) is 15.6. The Hall–Kier alpha value is -3.30. The van der Waals surface area contributed by atoms with Crippen molar-refractivity contribution in [2.75, 3.05) is 17.7 Å². The maximum absolute atomic E-state index is 8.85. The molecule has 7 heteroatoms. The first-order valence-electron chi connectivity index (χ1n) is 8.26. The first kappa shape index (κ1) is 18.5. The van der Waals surface area contributed by atoms with Crippen LogP contribution in [0, 0.1) is 18.3 Å². The lowest BCUT2D eigenvalue weighted by molar-refractivity contribution is 0.415. The van der Waals surface area contributed by atoms with Crippen LogP contribution in [0.15, 0.2) is 48.7 Å². The standard InChI is InChI=1S/C20H18ClN5O/c1-13-6-7-16(27-2)11-18(13)25-20-23-12-17(21)19(26-20)24-15-5-3-4-14(10-15)8-9-22/h3-7,10-12H,8H2,1-2H3,(H2,23,24,25,26). The molecule has 0 aliphatic carbocycles. The second kappa shape index (κ2) is 8.39. The van der Waals surface area contributed by atoms with Crippen molar-refractivity contribution in [1.29, 1.82) is 5.26 Å². The molecule has 0 atom stereocenters. The molecule has 6 nitrogen and oxygen atoms in total. The van der Waals surface area contributed by atoms with E-state index in [0.717, 1.165) is 28.3 Å². The second-order valence-electron chi connectivity index (χ2n) is 5.86. The third-order valence-electron chi connectivity index (χ3n) is 3.91. The van der Waals surface area contributed by atoms with E-state index in [0.29, 0.717) is 23.2 Å². The molecule has 0 aliphatic heterocycles. The Morgan fingerprint density at radius 3 is 2.81 bits per heavy atom. The Morgan fingerprint density at radius 1 is 1.19 bits per heavy atom. The molecule has 0 bridgehead atoms. The number of rotatable bonds is 6. The fourth-order valence-corrected chi connectivity index (χ4v) is 2.62. The van der Waals surface area contributed by atoms with Gasteiger partial charge in [-0.2, -0.15) is 10.2 Å². The maximum atomic E-state index is 8.85. The normalized spacial score (nSPS) is 10.1. The van der Waals surface area contributed by atoms with Gasteiger partial charge in [0.05, 0.1) is 25.8 Å². The van der Waals surface area contributed by atoms with Gasteiger partial charge in [-0.25, -0.2) is 4.98 Å². The van der Waals surface area contributed by atoms with Crippen LogP contribution in [0.2, 0.25) is 5.02 Å². The van der Waals surface area contributed by atoms with Crippen molar-refractivity contribution >= 4 is 34.7 Å². The van der Waals surface area contributed by atoms with Crippen LogP contribution in [0.3, 0.4) is 0 Å². The number of halogens is 1. The zero-order valence-electron chi connectivity index (χ0n) is 15.0. The van der Waals surface area contributed by atoms with E-state index in [1.165, 1.54) is 6.20 Å². The molecular weight excluding hydrogens is 362 g/mol. The molecule has 0 radical (unpaired) electrons. The number of aryl methyl sites for hydroxylation is 1. The Labute approximate surface area is 162 Å². The molecule has 2 N–H and O–H groups in total. The second-order valence-corrected chi connectivity index (χ2v) is 6.26. The molecule has 136 valence electrons. The minimum atomic E-state index is 0.342. The van der Waals surface area contributed by atoms with Crippen LogP contribution in [0.5, 0.6) is 5.75 Å². The average molecular weight is 380 g/mol. The number of benzene rings is 2. The number of methoxy groups -OCH3 is 1. The lowest BCUT2D eigenvalue weighted by Crippen LogP contribution is -2.03. The van der Waals surface area contributed by atoms with Crippen LogP contribution in [0.1, 0.15) is 11.1 Å². The summed E-state index contributed by atoms with van der Waals surface area (Å²) in [6.45, 7) is 1.98. The predicted molar refractivity (Wildman–Crippen MR) is 107 cm³/mol. The quantitative estimate of drug-likeness (QED) is 0.627. The SMILES string of the molecule is COc1ccc(C)c(Nc2ncc(Cl)c(Nc3cccc(CC#N)c3)n2)c1. The summed E-state index contributed by atoms with van der Waals surface area (Å²) < 4.78 is 5.26. The fourth-order valence-electron chi connectivity index (χ4n) is 2.49. The van der Waals surface area contributed by atoms with E-state index in [9.17, 15) is 0 Å². The molecule has 0 unspecified atom stereocenters. The van der Waals surface area contributed by atoms with Crippen LogP contribution < -0.4 is 15.4 Å². The Kier molecular flexibility index (Phi) is 5.74. The van der Waals surface area contributed by atoms with E-state index >= 15 is 0 Å². The fraction of sp³-hybridized carbons (Fsp3) is 0.150. The van der Waals surface area contributed by atoms with Gasteiger partial charge in [0.15, 0.2) is 5.82 Å². The average Bonchev–Trinajstić information content (AvgIpc) is 2.67. The van der Waals surface area contributed by atoms with E-state index < -0.39 is 0 Å². The van der Waals surface area contributed by atoms with Gasteiger partial charge < -0.3 is 15.4 Å². The summed E-state index contributed by atoms with van der Waals surface area (Å²) in [5.74, 6) is 1.62. The summed E-state index contributed by atoms with van der Waals surface area (Å²) in [4.78, 5) is 8.71. The smallest absolute Gasteiger partial charge is 0.229 e. The van der Waals surface area contributed by atoms with E-state index in [1.807, 2.05) is 49.4 Å². The Morgan fingerprint density at radius 2 is 2.04 bits per heavy atom. The molecule has 1 aromatic heterocycles. The highest BCUT2D eigenvalue weighted by molar-refractivity contribution is 6.32. The van der Waals surface area contributed by atoms with Gasteiger partial charge >= 0.3 is 0 Å². The van der Waals surface area contributed by atoms with Crippen molar-refractivity contribution < 1.29 is 4.74 Å². The molecule has 27 heavy (non-hydrogen) atoms. The van der Waals surface area contributed by atoms with E-state index in [2.05, 4.69) is 26.7 Å². The number of hydrogen-bond donors (Lipinski definition) is 2. The van der Waals surface area contributed by atoms with Gasteiger partial charge in [-0.1, -0.05) is 29.8 Å². The zero-order chi connectivity index (χ0) is 19.2. The maximum Gasteiger partial charge on any atom is 0.229 e. The molecule has 0 spiro atoms. The van der Waals surface area contributed by atoms with Crippen molar-refractivity contribution in [2.45, 2.75) is 13.3 Å². The molecule has 3 aromatic rings. The van der Waals surface area contributed by atoms with Crippen LogP contribution in [0.4, 0.5) is 23.1 Å². The predicted octanol–water partition coefficient (Wildman–Crippen LogP) is 5.00. The number of nitrogens with one attached hydrogen (secondary N) is 2. The number of nitriles is 1. The van der Waals surface area contributed by atoms with E-state index in [4.69, 9.17) is 21.6 Å². The molecule has 3 rings (SSSR count). The van der Waals surface area contributed by atoms with Gasteiger partial charge in [0.2, 0.25) is 5.95 Å². The first-order valence-corrected chi connectivity index (χ1v) is 8.64. The third-order valence-corrected chi connectivity index (χ3v) is 4.18. The Balaban J connectivity index is 1.85. The van der Waals surface area contributed by atoms with Gasteiger partial charge in [-0.05, 0) is 36.2 Å². The van der Waals surface area contributed by atoms with Crippen LogP contribution in [-0.4, -0.2) is 17.1 Å². The van der Waals surface area contributed by atoms with Crippen molar-refractivity contribution in [3.05, 3.63) is 64.8 Å². The lowest BCUT2D eigenvalue weighted by atomic mass is 10.1. The summed E-state index contributed by atoms with van der Waals surface area (Å²) in [6.07, 6.45) is 1.88. The summed E-state index contributed by atoms with van der Waals surface area (Å²) in [7, 11) is 1.62. The van der Waals surface area contributed by atoms with Gasteiger partial charge in [-0.3, -0.25) is 0 Å². The Bertz CT molecular complexity index is 1000. The molecule has 0 aliphatic rings. The number of hydrogen-bond acceptors (Lipinski definition) is 6. The summed E-state index contributed by atoms with van der Waals surface area (Å²) >= 11 is 6.24. The third kappa shape index (κ3) is 4.66. The first-order chi connectivity index (χ1) is 13.1. The monoisotopic (exact) mass is 379 g/mol. The van der Waals surface area contributed by atoms with Gasteiger partial charge in [-0.15, -0.1) is 0 Å². The van der Waals surface area contributed by atoms with Crippen LogP contribution in [-0.2, 0) is 6.42 Å². The minimum absolute atomic E-state index is 0.342. The highest BCUT2D eigenvalue weighted by Crippen LogP contribution is 2.27. The van der Waals surface area contributed by atoms with Crippen molar-refractivity contribution in [3.8, 4) is 11.8 Å². The molecule has 0 saturated heterocycles. The van der Waals surface area contributed by atoms with E-state index in [-0.39, 0.29) is 0 Å². The molecule has 2 aromatic carbocycles. The largest absolute Gasteiger partial charge is 0.497 e. The summed E-state index contributed by atoms with van der Waals surface area (Å²) in [6, 6.07) is 15.4. The molecule has 0 fully saturated rings. The summed E-state index contributed by atoms with van der Waals surface area (Å²) in [5.41, 5.74) is 3.59. The molecule has 0 saturated carbocycles. The van der Waals surface area contributed by atoms with Crippen molar-refractivity contribution in [3.63, 3.8) is 0 Å². The number of nitrogens with zero attached hydrogens (tertiary/aromatic N) is 3. The lowest BCUT2D eigenvalue weighted by Gasteiger charge is -2.12. The number of aromatic nitrogens is 2. The zero-order valence-corrected chi connectivity index (χ0v) is 15.7. The van der Waals surface area contributed by atoms with Crippen molar-refractivity contribution in [2.24, 2.45) is 0 Å². The molecule has 0 amide bonds. The van der Waals surface area contributed by atoms with Crippen LogP contribution in [0.25, 0.3) is 0 Å². The minimum Gasteiger partial charge on any atom is -0.497 e. The number of anilines is 4. The van der Waals surface area contributed by atoms with Crippen LogP contribution >= 0.6 is 11.6 Å². The van der Waals surface area contributed by atoms with Gasteiger partial charge in [0.1, 0.15) is 10.8 Å². The van der Waals surface area contributed by atoms with E-state index in [1.54, 1.807) is 7.11 Å². The van der Waals surface area contributed by atoms with Gasteiger partial charge in [0.25, 0.3) is 0 Å². The number of ether oxygens (including phenoxy) is 1. The molecular formula is C20H18ClN5O. The van der Waals surface area contributed by atoms with Crippen molar-refractivity contribution in [1.82, 2.24) is 9.97 Å². The molecule has 1 heterocycles. The highest BCUT2D eigenvalue weighted by Gasteiger charge is 2.09. The topological polar surface area (TPSA) is 82.9 Å². The highest BCUT2D eigenvalue weighted by atomic mass is 35.5.